The van der Waals surface area contributed by atoms with Crippen molar-refractivity contribution in [3.05, 3.63) is 0 Å². The van der Waals surface area contributed by atoms with Gasteiger partial charge < -0.3 is 0 Å². The van der Waals surface area contributed by atoms with Crippen molar-refractivity contribution in [2.24, 2.45) is 0 Å². The molecule has 0 spiro atoms. The van der Waals surface area contributed by atoms with Gasteiger partial charge in [-0.2, -0.15) is 86.4 Å². The number of halogens is 17. The third-order valence-corrected chi connectivity index (χ3v) is 6.51. The molecule has 0 atom stereocenters. The molecule has 38 heavy (non-hydrogen) atoms. The molecular formula is C20H25F17S. The first-order valence-corrected chi connectivity index (χ1v) is 12.3. The van der Waals surface area contributed by atoms with Crippen molar-refractivity contribution in [2.45, 2.75) is 112 Å². The Bertz CT molecular complexity index is 715. The second-order valence-electron chi connectivity index (χ2n) is 8.42. The molecule has 0 unspecified atom stereocenters. The van der Waals surface area contributed by atoms with E-state index in [1.54, 1.807) is 11.8 Å². The standard InChI is InChI=1S/C20H25F17S/c1-2-38-12-10-8-6-4-3-5-7-9-11-13(21,22)14(23,24)15(25,26)16(27,28)17(29,30)18(31,32)19(33,34)20(35,36)37/h2-12H2,1H3. The molecule has 230 valence electrons. The zero-order valence-corrected chi connectivity index (χ0v) is 20.4. The van der Waals surface area contributed by atoms with Gasteiger partial charge >= 0.3 is 47.6 Å². The number of rotatable bonds is 18. The van der Waals surface area contributed by atoms with E-state index in [2.05, 4.69) is 0 Å². The van der Waals surface area contributed by atoms with Gasteiger partial charge in [0, 0.05) is 6.42 Å². The Morgan fingerprint density at radius 3 is 1.08 bits per heavy atom. The molecule has 0 radical (unpaired) electrons. The molecule has 0 fully saturated rings. The molecule has 0 rings (SSSR count). The Morgan fingerprint density at radius 1 is 0.395 bits per heavy atom. The van der Waals surface area contributed by atoms with E-state index in [0.717, 1.165) is 30.8 Å². The molecule has 18 heteroatoms. The molecule has 0 aliphatic heterocycles. The lowest BCUT2D eigenvalue weighted by atomic mass is 9.87. The van der Waals surface area contributed by atoms with E-state index in [1.165, 1.54) is 0 Å². The van der Waals surface area contributed by atoms with Crippen LogP contribution in [0.5, 0.6) is 0 Å². The average Bonchev–Trinajstić information content (AvgIpc) is 2.75. The lowest BCUT2D eigenvalue weighted by Crippen LogP contribution is -2.74. The molecule has 0 amide bonds. The second-order valence-corrected chi connectivity index (χ2v) is 9.82. The van der Waals surface area contributed by atoms with Crippen molar-refractivity contribution < 1.29 is 74.6 Å². The maximum atomic E-state index is 13.8. The van der Waals surface area contributed by atoms with Crippen molar-refractivity contribution in [1.82, 2.24) is 0 Å². The van der Waals surface area contributed by atoms with Crippen LogP contribution in [0.1, 0.15) is 64.7 Å². The number of alkyl halides is 17. The first-order valence-electron chi connectivity index (χ1n) is 11.1. The first-order chi connectivity index (χ1) is 16.8. The Morgan fingerprint density at radius 2 is 0.711 bits per heavy atom. The topological polar surface area (TPSA) is 0 Å². The van der Waals surface area contributed by atoms with Crippen LogP contribution < -0.4 is 0 Å². The lowest BCUT2D eigenvalue weighted by Gasteiger charge is -2.42. The highest BCUT2D eigenvalue weighted by atomic mass is 32.2. The highest BCUT2D eigenvalue weighted by Gasteiger charge is 2.95. The summed E-state index contributed by atoms with van der Waals surface area (Å²) in [6.45, 7) is 1.96. The predicted molar refractivity (Wildman–Crippen MR) is 105 cm³/mol. The third kappa shape index (κ3) is 7.07. The van der Waals surface area contributed by atoms with Crippen LogP contribution >= 0.6 is 11.8 Å². The van der Waals surface area contributed by atoms with E-state index >= 15 is 0 Å². The summed E-state index contributed by atoms with van der Waals surface area (Å²) in [5.74, 6) is -53.9. The molecule has 0 aromatic heterocycles. The molecule has 0 heterocycles. The van der Waals surface area contributed by atoms with Gasteiger partial charge in [0.05, 0.1) is 0 Å². The third-order valence-electron chi connectivity index (χ3n) is 5.52. The number of thioether (sulfide) groups is 1. The monoisotopic (exact) mass is 620 g/mol. The van der Waals surface area contributed by atoms with Crippen molar-refractivity contribution in [1.29, 1.82) is 0 Å². The molecule has 0 aromatic carbocycles. The van der Waals surface area contributed by atoms with Crippen molar-refractivity contribution in [3.63, 3.8) is 0 Å². The van der Waals surface area contributed by atoms with E-state index in [-0.39, 0.29) is 12.8 Å². The zero-order chi connectivity index (χ0) is 30.5. The normalized spacial score (nSPS) is 15.3. The SMILES string of the molecule is CCSCCCCCCCCCCC(F)(F)C(F)(F)C(F)(F)C(F)(F)C(F)(F)C(F)(F)C(F)(F)C(F)(F)F. The fourth-order valence-electron chi connectivity index (χ4n) is 3.11. The minimum Gasteiger partial charge on any atom is -0.200 e. The molecule has 0 N–H and O–H groups in total. The van der Waals surface area contributed by atoms with Crippen LogP contribution in [0.15, 0.2) is 0 Å². The van der Waals surface area contributed by atoms with Crippen LogP contribution in [0.3, 0.4) is 0 Å². The molecule has 0 saturated carbocycles. The van der Waals surface area contributed by atoms with Gasteiger partial charge in [0.2, 0.25) is 0 Å². The molecule has 0 saturated heterocycles. The minimum atomic E-state index is -8.57. The molecule has 0 nitrogen and oxygen atoms in total. The molecule has 0 aliphatic rings. The predicted octanol–water partition coefficient (Wildman–Crippen LogP) is 10.3. The zero-order valence-electron chi connectivity index (χ0n) is 19.6. The maximum Gasteiger partial charge on any atom is 0.460 e. The van der Waals surface area contributed by atoms with Gasteiger partial charge in [-0.25, -0.2) is 0 Å². The molecular weight excluding hydrogens is 595 g/mol. The summed E-state index contributed by atoms with van der Waals surface area (Å²) in [4.78, 5) is 0. The summed E-state index contributed by atoms with van der Waals surface area (Å²) in [6.07, 6.45) is -7.95. The molecule has 0 aromatic rings. The first kappa shape index (κ1) is 37.2. The van der Waals surface area contributed by atoms with Crippen LogP contribution in [0.2, 0.25) is 0 Å². The van der Waals surface area contributed by atoms with Crippen molar-refractivity contribution >= 4 is 11.8 Å². The summed E-state index contributed by atoms with van der Waals surface area (Å²) in [7, 11) is 0. The van der Waals surface area contributed by atoms with Gasteiger partial charge in [0.1, 0.15) is 0 Å². The van der Waals surface area contributed by atoms with Crippen molar-refractivity contribution in [3.8, 4) is 0 Å². The van der Waals surface area contributed by atoms with Gasteiger partial charge in [0.25, 0.3) is 0 Å². The van der Waals surface area contributed by atoms with Gasteiger partial charge in [-0.3, -0.25) is 0 Å². The highest BCUT2D eigenvalue weighted by Crippen LogP contribution is 2.64. The Labute approximate surface area is 211 Å². The van der Waals surface area contributed by atoms with E-state index in [9.17, 15) is 74.6 Å². The van der Waals surface area contributed by atoms with E-state index in [4.69, 9.17) is 0 Å². The maximum absolute atomic E-state index is 13.8. The fourth-order valence-corrected chi connectivity index (χ4v) is 3.81. The fraction of sp³-hybridized carbons (Fsp3) is 1.00. The van der Waals surface area contributed by atoms with Crippen LogP contribution in [-0.2, 0) is 0 Å². The summed E-state index contributed by atoms with van der Waals surface area (Å²) in [5.41, 5.74) is 0. The summed E-state index contributed by atoms with van der Waals surface area (Å²) in [6, 6.07) is 0. The smallest absolute Gasteiger partial charge is 0.200 e. The van der Waals surface area contributed by atoms with E-state index < -0.39 is 60.5 Å². The number of hydrogen-bond acceptors (Lipinski definition) is 1. The van der Waals surface area contributed by atoms with Gasteiger partial charge in [0.15, 0.2) is 0 Å². The van der Waals surface area contributed by atoms with E-state index in [1.807, 2.05) is 6.92 Å². The highest BCUT2D eigenvalue weighted by molar-refractivity contribution is 7.99. The van der Waals surface area contributed by atoms with Gasteiger partial charge in [-0.1, -0.05) is 45.4 Å². The Balaban J connectivity index is 5.46. The second kappa shape index (κ2) is 12.8. The Kier molecular flexibility index (Phi) is 12.5. The summed E-state index contributed by atoms with van der Waals surface area (Å²) < 4.78 is 224. The Hall–Kier alpha value is -0.840. The van der Waals surface area contributed by atoms with Crippen LogP contribution in [0.25, 0.3) is 0 Å². The number of hydrogen-bond donors (Lipinski definition) is 0. The van der Waals surface area contributed by atoms with Crippen molar-refractivity contribution in [2.75, 3.05) is 11.5 Å². The molecule has 0 bridgehead atoms. The van der Waals surface area contributed by atoms with Crippen LogP contribution in [0.4, 0.5) is 74.6 Å². The van der Waals surface area contributed by atoms with Crippen LogP contribution in [-0.4, -0.2) is 59.1 Å². The lowest BCUT2D eigenvalue weighted by molar-refractivity contribution is -0.461. The summed E-state index contributed by atoms with van der Waals surface area (Å²) >= 11 is 1.70. The quantitative estimate of drug-likeness (QED) is 0.109. The van der Waals surface area contributed by atoms with E-state index in [0.29, 0.717) is 12.8 Å². The average molecular weight is 620 g/mol. The minimum absolute atomic E-state index is 0.0920. The van der Waals surface area contributed by atoms with Gasteiger partial charge in [-0.05, 0) is 24.3 Å². The molecule has 0 aliphatic carbocycles. The summed E-state index contributed by atoms with van der Waals surface area (Å²) in [5, 5.41) is 0. The van der Waals surface area contributed by atoms with Crippen LogP contribution in [0, 0.1) is 0 Å². The van der Waals surface area contributed by atoms with Gasteiger partial charge in [-0.15, -0.1) is 0 Å². The largest absolute Gasteiger partial charge is 0.460 e. The number of unbranched alkanes of at least 4 members (excludes halogenated alkanes) is 7.